The normalized spacial score (nSPS) is 11.0. The van der Waals surface area contributed by atoms with Crippen molar-refractivity contribution in [2.45, 2.75) is 0 Å². The monoisotopic (exact) mass is 284 g/mol. The molecule has 0 aliphatic rings. The van der Waals surface area contributed by atoms with Crippen molar-refractivity contribution in [1.29, 1.82) is 0 Å². The van der Waals surface area contributed by atoms with Gasteiger partial charge in [-0.1, -0.05) is 42.5 Å². The lowest BCUT2D eigenvalue weighted by Crippen LogP contribution is -3.00. The molecular weight excluding hydrogens is 268 g/mol. The SMILES string of the molecule is C(=CC=[NH+]c1ccccc1)C=CNc1ccccc1.[Cl-]. The highest BCUT2D eigenvalue weighted by Gasteiger charge is 1.87. The van der Waals surface area contributed by atoms with Crippen LogP contribution in [0.5, 0.6) is 0 Å². The van der Waals surface area contributed by atoms with Crippen LogP contribution in [0.2, 0.25) is 0 Å². The Morgan fingerprint density at radius 1 is 0.750 bits per heavy atom. The van der Waals surface area contributed by atoms with E-state index in [9.17, 15) is 0 Å². The van der Waals surface area contributed by atoms with Gasteiger partial charge >= 0.3 is 0 Å². The molecule has 20 heavy (non-hydrogen) atoms. The average Bonchev–Trinajstić information content (AvgIpc) is 2.48. The third-order valence-electron chi connectivity index (χ3n) is 2.46. The van der Waals surface area contributed by atoms with E-state index < -0.39 is 0 Å². The van der Waals surface area contributed by atoms with Crippen LogP contribution in [0.4, 0.5) is 11.4 Å². The van der Waals surface area contributed by atoms with Crippen molar-refractivity contribution < 1.29 is 17.4 Å². The molecule has 2 nitrogen and oxygen atoms in total. The highest BCUT2D eigenvalue weighted by molar-refractivity contribution is 5.66. The molecule has 2 N–H and O–H groups in total. The van der Waals surface area contributed by atoms with Crippen molar-refractivity contribution in [3.05, 3.63) is 85.1 Å². The highest BCUT2D eigenvalue weighted by Crippen LogP contribution is 2.03. The fourth-order valence-electron chi connectivity index (χ4n) is 1.53. The first kappa shape index (κ1) is 15.7. The zero-order chi connectivity index (χ0) is 13.2. The van der Waals surface area contributed by atoms with Crippen molar-refractivity contribution in [3.63, 3.8) is 0 Å². The first-order valence-corrected chi connectivity index (χ1v) is 6.23. The van der Waals surface area contributed by atoms with Gasteiger partial charge in [-0.05, 0) is 18.2 Å². The van der Waals surface area contributed by atoms with Crippen molar-refractivity contribution in [1.82, 2.24) is 0 Å². The molecule has 0 saturated heterocycles. The maximum absolute atomic E-state index is 3.19. The van der Waals surface area contributed by atoms with Gasteiger partial charge in [0.25, 0.3) is 0 Å². The van der Waals surface area contributed by atoms with E-state index in [2.05, 4.69) is 10.3 Å². The molecule has 2 aromatic carbocycles. The zero-order valence-corrected chi connectivity index (χ0v) is 11.8. The van der Waals surface area contributed by atoms with Gasteiger partial charge in [0.05, 0.1) is 0 Å². The molecule has 2 rings (SSSR count). The Hall–Kier alpha value is -2.32. The van der Waals surface area contributed by atoms with Crippen LogP contribution >= 0.6 is 0 Å². The van der Waals surface area contributed by atoms with Crippen LogP contribution in [-0.2, 0) is 0 Å². The molecule has 0 amide bonds. The summed E-state index contributed by atoms with van der Waals surface area (Å²) in [6.07, 6.45) is 9.68. The summed E-state index contributed by atoms with van der Waals surface area (Å²) in [5.74, 6) is 0. The van der Waals surface area contributed by atoms with Crippen LogP contribution in [0.25, 0.3) is 0 Å². The standard InChI is InChI=1S/C17H16N2.ClH/c1-4-10-16(11-5-1)18-14-8-3-9-15-19-17-12-6-2-7-13-17;/h1-15,18H;1H. The Morgan fingerprint density at radius 3 is 2.10 bits per heavy atom. The van der Waals surface area contributed by atoms with E-state index in [4.69, 9.17) is 0 Å². The second-order valence-corrected chi connectivity index (χ2v) is 3.93. The number of para-hydroxylation sites is 2. The van der Waals surface area contributed by atoms with Crippen molar-refractivity contribution in [2.75, 3.05) is 5.32 Å². The van der Waals surface area contributed by atoms with E-state index in [0.29, 0.717) is 0 Å². The Kier molecular flexibility index (Phi) is 7.55. The van der Waals surface area contributed by atoms with Gasteiger partial charge < -0.3 is 17.7 Å². The Morgan fingerprint density at radius 2 is 1.40 bits per heavy atom. The Bertz CT molecular complexity index is 560. The number of benzene rings is 2. The van der Waals surface area contributed by atoms with Crippen LogP contribution in [-0.4, -0.2) is 6.21 Å². The minimum absolute atomic E-state index is 0. The van der Waals surface area contributed by atoms with Gasteiger partial charge in [0.1, 0.15) is 0 Å². The third kappa shape index (κ3) is 6.03. The predicted molar refractivity (Wildman–Crippen MR) is 81.5 cm³/mol. The number of hydrogen-bond acceptors (Lipinski definition) is 1. The molecule has 0 atom stereocenters. The Balaban J connectivity index is 0.00000200. The summed E-state index contributed by atoms with van der Waals surface area (Å²) in [6, 6.07) is 20.1. The van der Waals surface area contributed by atoms with Gasteiger partial charge in [-0.2, -0.15) is 0 Å². The zero-order valence-electron chi connectivity index (χ0n) is 11.0. The lowest BCUT2D eigenvalue weighted by Gasteiger charge is -1.96. The second-order valence-electron chi connectivity index (χ2n) is 3.93. The number of hydrogen-bond donors (Lipinski definition) is 2. The van der Waals surface area contributed by atoms with E-state index >= 15 is 0 Å². The third-order valence-corrected chi connectivity index (χ3v) is 2.46. The van der Waals surface area contributed by atoms with Crippen molar-refractivity contribution in [3.8, 4) is 0 Å². The number of nitrogens with one attached hydrogen (secondary N) is 2. The molecule has 0 aromatic heterocycles. The maximum atomic E-state index is 3.19. The summed E-state index contributed by atoms with van der Waals surface area (Å²) < 4.78 is 0. The molecule has 0 saturated carbocycles. The summed E-state index contributed by atoms with van der Waals surface area (Å²) in [5, 5.41) is 3.19. The molecule has 0 aliphatic carbocycles. The van der Waals surface area contributed by atoms with Crippen molar-refractivity contribution >= 4 is 17.6 Å². The molecule has 0 spiro atoms. The second kappa shape index (κ2) is 9.59. The largest absolute Gasteiger partial charge is 1.00 e. The molecule has 102 valence electrons. The predicted octanol–water partition coefficient (Wildman–Crippen LogP) is -0.345. The molecule has 0 unspecified atom stereocenters. The first-order chi connectivity index (χ1) is 9.45. The topological polar surface area (TPSA) is 26.0 Å². The van der Waals surface area contributed by atoms with E-state index in [1.165, 1.54) is 0 Å². The summed E-state index contributed by atoms with van der Waals surface area (Å²) >= 11 is 0. The molecule has 0 heterocycles. The fourth-order valence-corrected chi connectivity index (χ4v) is 1.53. The molecular formula is C17H17ClN2. The smallest absolute Gasteiger partial charge is 0.203 e. The highest BCUT2D eigenvalue weighted by atomic mass is 35.5. The lowest BCUT2D eigenvalue weighted by molar-refractivity contribution is -0.346. The number of halogens is 1. The summed E-state index contributed by atoms with van der Waals surface area (Å²) in [7, 11) is 0. The number of anilines is 1. The van der Waals surface area contributed by atoms with Crippen LogP contribution in [0.1, 0.15) is 0 Å². The van der Waals surface area contributed by atoms with Gasteiger partial charge in [-0.3, -0.25) is 0 Å². The van der Waals surface area contributed by atoms with E-state index in [1.54, 1.807) is 0 Å². The summed E-state index contributed by atoms with van der Waals surface area (Å²) in [5.41, 5.74) is 2.16. The van der Waals surface area contributed by atoms with Crippen LogP contribution < -0.4 is 22.7 Å². The van der Waals surface area contributed by atoms with E-state index in [1.807, 2.05) is 91.3 Å². The maximum Gasteiger partial charge on any atom is 0.203 e. The minimum Gasteiger partial charge on any atom is -1.00 e. The molecule has 0 fully saturated rings. The fraction of sp³-hybridized carbons (Fsp3) is 0. The van der Waals surface area contributed by atoms with E-state index in [-0.39, 0.29) is 12.4 Å². The van der Waals surface area contributed by atoms with Gasteiger partial charge in [-0.15, -0.1) is 0 Å². The molecule has 2 aromatic rings. The van der Waals surface area contributed by atoms with Gasteiger partial charge in [-0.25, -0.2) is 4.99 Å². The number of allylic oxidation sites excluding steroid dienone is 3. The number of rotatable bonds is 5. The summed E-state index contributed by atoms with van der Waals surface area (Å²) in [4.78, 5) is 3.19. The van der Waals surface area contributed by atoms with Gasteiger partial charge in [0.2, 0.25) is 5.69 Å². The van der Waals surface area contributed by atoms with Crippen LogP contribution in [0, 0.1) is 0 Å². The lowest BCUT2D eigenvalue weighted by atomic mass is 10.3. The van der Waals surface area contributed by atoms with Crippen LogP contribution in [0.3, 0.4) is 0 Å². The van der Waals surface area contributed by atoms with Crippen molar-refractivity contribution in [2.24, 2.45) is 0 Å². The quantitative estimate of drug-likeness (QED) is 0.570. The first-order valence-electron chi connectivity index (χ1n) is 6.23. The molecule has 0 aliphatic heterocycles. The average molecular weight is 285 g/mol. The Labute approximate surface area is 126 Å². The molecule has 0 radical (unpaired) electrons. The summed E-state index contributed by atoms with van der Waals surface area (Å²) in [6.45, 7) is 0. The van der Waals surface area contributed by atoms with Crippen LogP contribution in [0.15, 0.2) is 85.1 Å². The minimum atomic E-state index is 0. The van der Waals surface area contributed by atoms with Gasteiger partial charge in [0.15, 0.2) is 6.21 Å². The molecule has 3 heteroatoms. The van der Waals surface area contributed by atoms with Gasteiger partial charge in [0, 0.05) is 30.1 Å². The van der Waals surface area contributed by atoms with E-state index in [0.717, 1.165) is 11.4 Å². The molecule has 0 bridgehead atoms.